The van der Waals surface area contributed by atoms with Gasteiger partial charge in [0.2, 0.25) is 5.91 Å². The number of nitrogens with zero attached hydrogens (tertiary/aromatic N) is 2. The molecule has 1 atom stereocenters. The summed E-state index contributed by atoms with van der Waals surface area (Å²) in [6.07, 6.45) is 1.69. The molecule has 0 radical (unpaired) electrons. The quantitative estimate of drug-likeness (QED) is 0.919. The molecular weight excluding hydrogens is 294 g/mol. The van der Waals surface area contributed by atoms with Crippen LogP contribution in [0.1, 0.15) is 18.4 Å². The fourth-order valence-corrected chi connectivity index (χ4v) is 2.72. The van der Waals surface area contributed by atoms with Crippen LogP contribution in [-0.2, 0) is 11.3 Å². The van der Waals surface area contributed by atoms with Crippen LogP contribution in [0, 0.1) is 5.92 Å². The minimum Gasteiger partial charge on any atom is -0.497 e. The molecule has 0 aromatic heterocycles. The number of methoxy groups -OCH3 is 1. The highest BCUT2D eigenvalue weighted by Gasteiger charge is 2.28. The molecule has 1 aliphatic rings. The van der Waals surface area contributed by atoms with Crippen molar-refractivity contribution in [3.63, 3.8) is 0 Å². The van der Waals surface area contributed by atoms with Gasteiger partial charge >= 0.3 is 6.03 Å². The number of urea groups is 1. The van der Waals surface area contributed by atoms with E-state index in [0.29, 0.717) is 13.1 Å². The highest BCUT2D eigenvalue weighted by Crippen LogP contribution is 2.18. The van der Waals surface area contributed by atoms with E-state index in [0.717, 1.165) is 30.7 Å². The number of amides is 3. The monoisotopic (exact) mass is 319 g/mol. The zero-order valence-electron chi connectivity index (χ0n) is 14.0. The van der Waals surface area contributed by atoms with Crippen LogP contribution in [0.25, 0.3) is 0 Å². The molecule has 1 aromatic rings. The maximum Gasteiger partial charge on any atom is 0.319 e. The van der Waals surface area contributed by atoms with Gasteiger partial charge in [-0.3, -0.25) is 4.79 Å². The van der Waals surface area contributed by atoms with Gasteiger partial charge < -0.3 is 19.9 Å². The molecule has 3 amide bonds. The molecular formula is C17H25N3O3. The van der Waals surface area contributed by atoms with E-state index in [-0.39, 0.29) is 17.9 Å². The first-order valence-electron chi connectivity index (χ1n) is 7.88. The Balaban J connectivity index is 1.85. The number of hydrogen-bond donors (Lipinski definition) is 1. The van der Waals surface area contributed by atoms with Gasteiger partial charge in [-0.05, 0) is 30.5 Å². The fraction of sp³-hybridized carbons (Fsp3) is 0.529. The SMILES string of the molecule is COc1ccc(CNC(=O)[C@H]2CCCN(C(=O)N(C)C)C2)cc1. The predicted octanol–water partition coefficient (Wildman–Crippen LogP) is 1.70. The number of nitrogens with one attached hydrogen (secondary N) is 1. The Labute approximate surface area is 137 Å². The molecule has 0 saturated carbocycles. The molecule has 0 spiro atoms. The second-order valence-electron chi connectivity index (χ2n) is 6.03. The number of rotatable bonds is 4. The lowest BCUT2D eigenvalue weighted by atomic mass is 9.97. The van der Waals surface area contributed by atoms with Crippen molar-refractivity contribution in [2.24, 2.45) is 5.92 Å². The molecule has 23 heavy (non-hydrogen) atoms. The first-order chi connectivity index (χ1) is 11.0. The number of piperidine rings is 1. The van der Waals surface area contributed by atoms with E-state index in [4.69, 9.17) is 4.74 Å². The van der Waals surface area contributed by atoms with E-state index < -0.39 is 0 Å². The van der Waals surface area contributed by atoms with Crippen molar-refractivity contribution in [3.8, 4) is 5.75 Å². The van der Waals surface area contributed by atoms with Crippen molar-refractivity contribution in [1.82, 2.24) is 15.1 Å². The third kappa shape index (κ3) is 4.61. The van der Waals surface area contributed by atoms with Crippen molar-refractivity contribution in [2.45, 2.75) is 19.4 Å². The molecule has 1 heterocycles. The van der Waals surface area contributed by atoms with Crippen molar-refractivity contribution in [2.75, 3.05) is 34.3 Å². The summed E-state index contributed by atoms with van der Waals surface area (Å²) in [6.45, 7) is 1.70. The molecule has 1 saturated heterocycles. The Hall–Kier alpha value is -2.24. The number of hydrogen-bond acceptors (Lipinski definition) is 3. The largest absolute Gasteiger partial charge is 0.497 e. The first kappa shape index (κ1) is 17.1. The van der Waals surface area contributed by atoms with E-state index in [2.05, 4.69) is 5.32 Å². The van der Waals surface area contributed by atoms with Crippen LogP contribution in [0.5, 0.6) is 5.75 Å². The van der Waals surface area contributed by atoms with E-state index in [9.17, 15) is 9.59 Å². The zero-order chi connectivity index (χ0) is 16.8. The summed E-state index contributed by atoms with van der Waals surface area (Å²) >= 11 is 0. The van der Waals surface area contributed by atoms with Gasteiger partial charge in [0.1, 0.15) is 5.75 Å². The lowest BCUT2D eigenvalue weighted by molar-refractivity contribution is -0.126. The van der Waals surface area contributed by atoms with Crippen LogP contribution in [-0.4, -0.2) is 56.0 Å². The van der Waals surface area contributed by atoms with E-state index in [1.807, 2.05) is 24.3 Å². The summed E-state index contributed by atoms with van der Waals surface area (Å²) in [5.74, 6) is 0.674. The standard InChI is InChI=1S/C17H25N3O3/c1-19(2)17(22)20-10-4-5-14(12-20)16(21)18-11-13-6-8-15(23-3)9-7-13/h6-9,14H,4-5,10-12H2,1-3H3,(H,18,21)/t14-/m0/s1. The Morgan fingerprint density at radius 3 is 2.61 bits per heavy atom. The molecule has 0 unspecified atom stereocenters. The van der Waals surface area contributed by atoms with E-state index in [1.165, 1.54) is 0 Å². The van der Waals surface area contributed by atoms with Crippen molar-refractivity contribution in [3.05, 3.63) is 29.8 Å². The molecule has 1 aromatic carbocycles. The molecule has 6 nitrogen and oxygen atoms in total. The Morgan fingerprint density at radius 2 is 2.00 bits per heavy atom. The number of benzene rings is 1. The first-order valence-corrected chi connectivity index (χ1v) is 7.88. The molecule has 0 bridgehead atoms. The number of likely N-dealkylation sites (tertiary alicyclic amines) is 1. The van der Waals surface area contributed by atoms with Gasteiger partial charge in [-0.25, -0.2) is 4.79 Å². The summed E-state index contributed by atoms with van der Waals surface area (Å²) in [7, 11) is 5.09. The summed E-state index contributed by atoms with van der Waals surface area (Å²) in [6, 6.07) is 7.58. The van der Waals surface area contributed by atoms with Crippen molar-refractivity contribution >= 4 is 11.9 Å². The van der Waals surface area contributed by atoms with Crippen LogP contribution in [0.3, 0.4) is 0 Å². The highest BCUT2D eigenvalue weighted by molar-refractivity contribution is 5.80. The van der Waals surface area contributed by atoms with Crippen molar-refractivity contribution in [1.29, 1.82) is 0 Å². The third-order valence-electron chi connectivity index (χ3n) is 4.07. The maximum atomic E-state index is 12.3. The molecule has 2 rings (SSSR count). The minimum absolute atomic E-state index is 0.0112. The molecule has 1 aliphatic heterocycles. The molecule has 1 N–H and O–H groups in total. The Bertz CT molecular complexity index is 543. The van der Waals surface area contributed by atoms with Gasteiger partial charge in [-0.2, -0.15) is 0 Å². The average molecular weight is 319 g/mol. The van der Waals surface area contributed by atoms with Crippen LogP contribution < -0.4 is 10.1 Å². The number of carbonyl (C=O) groups excluding carboxylic acids is 2. The highest BCUT2D eigenvalue weighted by atomic mass is 16.5. The second kappa shape index (κ2) is 7.85. The smallest absolute Gasteiger partial charge is 0.319 e. The van der Waals surface area contributed by atoms with E-state index in [1.54, 1.807) is 31.0 Å². The fourth-order valence-electron chi connectivity index (χ4n) is 2.72. The van der Waals surface area contributed by atoms with Crippen LogP contribution in [0.4, 0.5) is 4.79 Å². The topological polar surface area (TPSA) is 61.9 Å². The van der Waals surface area contributed by atoms with Crippen LogP contribution >= 0.6 is 0 Å². The van der Waals surface area contributed by atoms with Gasteiger partial charge in [0.15, 0.2) is 0 Å². The lowest BCUT2D eigenvalue weighted by Gasteiger charge is -2.33. The minimum atomic E-state index is -0.133. The van der Waals surface area contributed by atoms with Gasteiger partial charge in [-0.15, -0.1) is 0 Å². The van der Waals surface area contributed by atoms with Gasteiger partial charge in [0, 0.05) is 33.7 Å². The van der Waals surface area contributed by atoms with Gasteiger partial charge in [-0.1, -0.05) is 12.1 Å². The van der Waals surface area contributed by atoms with Gasteiger partial charge in [0.25, 0.3) is 0 Å². The summed E-state index contributed by atoms with van der Waals surface area (Å²) in [5.41, 5.74) is 1.02. The van der Waals surface area contributed by atoms with Crippen LogP contribution in [0.2, 0.25) is 0 Å². The summed E-state index contributed by atoms with van der Waals surface area (Å²) < 4.78 is 5.11. The van der Waals surface area contributed by atoms with Crippen LogP contribution in [0.15, 0.2) is 24.3 Å². The zero-order valence-corrected chi connectivity index (χ0v) is 14.0. The van der Waals surface area contributed by atoms with E-state index >= 15 is 0 Å². The average Bonchev–Trinajstić information content (AvgIpc) is 2.59. The third-order valence-corrected chi connectivity index (χ3v) is 4.07. The van der Waals surface area contributed by atoms with Crippen molar-refractivity contribution < 1.29 is 14.3 Å². The number of carbonyl (C=O) groups is 2. The Morgan fingerprint density at radius 1 is 1.30 bits per heavy atom. The lowest BCUT2D eigenvalue weighted by Crippen LogP contribution is -2.48. The normalized spacial score (nSPS) is 17.5. The molecule has 1 fully saturated rings. The molecule has 126 valence electrons. The second-order valence-corrected chi connectivity index (χ2v) is 6.03. The Kier molecular flexibility index (Phi) is 5.84. The molecule has 6 heteroatoms. The number of ether oxygens (including phenoxy) is 1. The summed E-state index contributed by atoms with van der Waals surface area (Å²) in [4.78, 5) is 27.7. The maximum absolute atomic E-state index is 12.3. The van der Waals surface area contributed by atoms with Gasteiger partial charge in [0.05, 0.1) is 13.0 Å². The molecule has 0 aliphatic carbocycles. The predicted molar refractivity (Wildman–Crippen MR) is 88.2 cm³/mol. The summed E-state index contributed by atoms with van der Waals surface area (Å²) in [5, 5.41) is 2.96.